The molecule has 0 spiro atoms. The van der Waals surface area contributed by atoms with E-state index in [9.17, 15) is 9.76 Å². The van der Waals surface area contributed by atoms with Crippen LogP contribution < -0.4 is 4.73 Å². The summed E-state index contributed by atoms with van der Waals surface area (Å²) in [5.41, 5.74) is 1.08. The number of thiazole rings is 1. The van der Waals surface area contributed by atoms with Crippen LogP contribution in [0.3, 0.4) is 0 Å². The molecule has 1 aromatic rings. The van der Waals surface area contributed by atoms with Crippen molar-refractivity contribution in [1.82, 2.24) is 0 Å². The highest BCUT2D eigenvalue weighted by Crippen LogP contribution is 2.02. The smallest absolute Gasteiger partial charge is 0.379 e. The monoisotopic (exact) mass is 117 g/mol. The first-order valence-corrected chi connectivity index (χ1v) is 2.95. The fourth-order valence-corrected chi connectivity index (χ4v) is 0.878. The van der Waals surface area contributed by atoms with E-state index in [2.05, 4.69) is 0 Å². The molecule has 7 heavy (non-hydrogen) atoms. The van der Waals surface area contributed by atoms with Crippen LogP contribution in [0.5, 0.6) is 0 Å². The molecular weight excluding hydrogens is 114 g/mol. The lowest BCUT2D eigenvalue weighted by atomic mass is 11.0. The van der Waals surface area contributed by atoms with Crippen LogP contribution >= 0.6 is 10.8 Å². The van der Waals surface area contributed by atoms with Gasteiger partial charge >= 0.3 is 5.51 Å². The summed E-state index contributed by atoms with van der Waals surface area (Å²) in [5, 5.41) is 11.4. The van der Waals surface area contributed by atoms with Crippen molar-refractivity contribution in [3.8, 4) is 0 Å². The van der Waals surface area contributed by atoms with Gasteiger partial charge < -0.3 is 9.76 Å². The largest absolute Gasteiger partial charge is 0.615 e. The molecule has 0 saturated carbocycles. The lowest BCUT2D eigenvalue weighted by Gasteiger charge is -1.78. The summed E-state index contributed by atoms with van der Waals surface area (Å²) in [4.78, 5) is 0. The molecule has 1 aromatic heterocycles. The normalized spacial score (nSPS) is 11.9. The van der Waals surface area contributed by atoms with Crippen LogP contribution in [-0.4, -0.2) is 4.55 Å². The predicted molar refractivity (Wildman–Crippen MR) is 24.1 cm³/mol. The Bertz CT molecular complexity index is 145. The Labute approximate surface area is 43.2 Å². The summed E-state index contributed by atoms with van der Waals surface area (Å²) >= 11 is 0. The standard InChI is InChI=1S/C3H3NO2S/c5-4-1-2-7(6)3-4/h1-3H. The van der Waals surface area contributed by atoms with Crippen molar-refractivity contribution >= 4 is 10.8 Å². The molecule has 3 nitrogen and oxygen atoms in total. The van der Waals surface area contributed by atoms with Crippen molar-refractivity contribution in [3.05, 3.63) is 22.3 Å². The minimum atomic E-state index is -1.15. The molecule has 4 heteroatoms. The minimum Gasteiger partial charge on any atom is -0.615 e. The molecule has 0 aliphatic carbocycles. The van der Waals surface area contributed by atoms with Gasteiger partial charge in [-0.3, -0.25) is 0 Å². The Morgan fingerprint density at radius 2 is 2.29 bits per heavy atom. The van der Waals surface area contributed by atoms with E-state index in [1.165, 1.54) is 11.6 Å². The molecule has 0 bridgehead atoms. The maximum atomic E-state index is 10.2. The zero-order chi connectivity index (χ0) is 5.28. The molecule has 1 atom stereocenters. The molecule has 0 saturated heterocycles. The van der Waals surface area contributed by atoms with Gasteiger partial charge in [0.1, 0.15) is 0 Å². The third-order valence-corrected chi connectivity index (χ3v) is 1.36. The lowest BCUT2D eigenvalue weighted by molar-refractivity contribution is -0.600. The van der Waals surface area contributed by atoms with Crippen molar-refractivity contribution in [2.24, 2.45) is 0 Å². The van der Waals surface area contributed by atoms with E-state index in [1.54, 1.807) is 0 Å². The van der Waals surface area contributed by atoms with Crippen LogP contribution in [-0.2, 0) is 0 Å². The zero-order valence-electron chi connectivity index (χ0n) is 3.40. The van der Waals surface area contributed by atoms with Crippen LogP contribution in [0.25, 0.3) is 0 Å². The van der Waals surface area contributed by atoms with E-state index >= 15 is 0 Å². The molecular formula is C3H3NO2S. The molecule has 0 aliphatic rings. The second kappa shape index (κ2) is 1.48. The van der Waals surface area contributed by atoms with Gasteiger partial charge in [0.2, 0.25) is 11.6 Å². The highest BCUT2D eigenvalue weighted by molar-refractivity contribution is 7.21. The summed E-state index contributed by atoms with van der Waals surface area (Å²) in [6.07, 6.45) is 1.22. The molecule has 0 aromatic carbocycles. The Hall–Kier alpha value is -0.610. The average molecular weight is 117 g/mol. The van der Waals surface area contributed by atoms with Crippen molar-refractivity contribution in [3.63, 3.8) is 0 Å². The first-order chi connectivity index (χ1) is 3.29. The van der Waals surface area contributed by atoms with Gasteiger partial charge in [0.05, 0.1) is 0 Å². The van der Waals surface area contributed by atoms with Gasteiger partial charge in [-0.05, 0) is 0 Å². The van der Waals surface area contributed by atoms with Crippen LogP contribution in [0, 0.1) is 5.21 Å². The van der Waals surface area contributed by atoms with Gasteiger partial charge in [0.15, 0.2) is 0 Å². The number of aromatic nitrogens is 1. The Morgan fingerprint density at radius 3 is 2.43 bits per heavy atom. The van der Waals surface area contributed by atoms with Gasteiger partial charge in [-0.2, -0.15) is 0 Å². The second-order valence-corrected chi connectivity index (χ2v) is 2.22. The average Bonchev–Trinajstić information content (AvgIpc) is 1.87. The minimum absolute atomic E-state index is 0.524. The van der Waals surface area contributed by atoms with E-state index in [4.69, 9.17) is 0 Å². The maximum absolute atomic E-state index is 10.2. The summed E-state index contributed by atoms with van der Waals surface area (Å²) < 4.78 is 10.7. The molecule has 0 amide bonds. The number of hydrogen-bond donors (Lipinski definition) is 0. The molecule has 1 heterocycles. The van der Waals surface area contributed by atoms with Gasteiger partial charge in [-0.25, -0.2) is 0 Å². The Kier molecular flexibility index (Phi) is 0.958. The third-order valence-electron chi connectivity index (χ3n) is 0.550. The molecule has 0 aliphatic heterocycles. The van der Waals surface area contributed by atoms with E-state index in [1.807, 2.05) is 0 Å². The summed E-state index contributed by atoms with van der Waals surface area (Å²) in [6, 6.07) is 0. The Morgan fingerprint density at radius 1 is 1.57 bits per heavy atom. The Balaban J connectivity index is 3.04. The second-order valence-electron chi connectivity index (χ2n) is 1.08. The summed E-state index contributed by atoms with van der Waals surface area (Å²) in [6.45, 7) is 0. The molecule has 38 valence electrons. The lowest BCUT2D eigenvalue weighted by Crippen LogP contribution is -2.19. The molecule has 0 fully saturated rings. The topological polar surface area (TPSA) is 50.0 Å². The van der Waals surface area contributed by atoms with Gasteiger partial charge in [-0.1, -0.05) is 0 Å². The van der Waals surface area contributed by atoms with E-state index in [0.29, 0.717) is 4.73 Å². The third kappa shape index (κ3) is 0.880. The maximum Gasteiger partial charge on any atom is 0.379 e. The number of nitrogens with zero attached hydrogens (tertiary/aromatic N) is 1. The van der Waals surface area contributed by atoms with Crippen LogP contribution in [0.2, 0.25) is 0 Å². The first kappa shape index (κ1) is 4.55. The highest BCUT2D eigenvalue weighted by Gasteiger charge is 1.94. The van der Waals surface area contributed by atoms with E-state index in [-0.39, 0.29) is 0 Å². The zero-order valence-corrected chi connectivity index (χ0v) is 4.22. The van der Waals surface area contributed by atoms with Crippen molar-refractivity contribution < 1.29 is 9.28 Å². The van der Waals surface area contributed by atoms with Crippen molar-refractivity contribution in [2.45, 2.75) is 0 Å². The number of hydrogen-bond acceptors (Lipinski definition) is 2. The molecule has 1 unspecified atom stereocenters. The van der Waals surface area contributed by atoms with Crippen molar-refractivity contribution in [1.29, 1.82) is 0 Å². The fraction of sp³-hybridized carbons (Fsp3) is 0. The van der Waals surface area contributed by atoms with Crippen LogP contribution in [0.4, 0.5) is 0 Å². The molecule has 0 N–H and O–H groups in total. The summed E-state index contributed by atoms with van der Waals surface area (Å²) in [7, 11) is -1.15. The molecule has 1 rings (SSSR count). The number of rotatable bonds is 0. The van der Waals surface area contributed by atoms with Gasteiger partial charge in [0, 0.05) is 10.8 Å². The molecule has 0 radical (unpaired) electrons. The first-order valence-electron chi connectivity index (χ1n) is 1.67. The highest BCUT2D eigenvalue weighted by atomic mass is 32.2. The van der Waals surface area contributed by atoms with E-state index in [0.717, 1.165) is 5.51 Å². The summed E-state index contributed by atoms with van der Waals surface area (Å²) in [5.74, 6) is 0. The fourth-order valence-electron chi connectivity index (χ4n) is 0.293. The van der Waals surface area contributed by atoms with Crippen molar-refractivity contribution in [2.75, 3.05) is 0 Å². The quantitative estimate of drug-likeness (QED) is 0.274. The van der Waals surface area contributed by atoms with Gasteiger partial charge in [0.25, 0.3) is 0 Å². The predicted octanol–water partition coefficient (Wildman–Crippen LogP) is 0.0476. The SMILES string of the molecule is [O-][n+]1cc[s+]([O-])c1. The van der Waals surface area contributed by atoms with E-state index < -0.39 is 10.8 Å². The van der Waals surface area contributed by atoms with Crippen LogP contribution in [0.1, 0.15) is 0 Å². The van der Waals surface area contributed by atoms with Gasteiger partial charge in [-0.15, -0.1) is 4.73 Å². The van der Waals surface area contributed by atoms with Crippen LogP contribution in [0.15, 0.2) is 17.1 Å².